The molecule has 0 aliphatic heterocycles. The van der Waals surface area contributed by atoms with Crippen LogP contribution < -0.4 is 9.47 Å². The van der Waals surface area contributed by atoms with Crippen LogP contribution in [0.25, 0.3) is 0 Å². The number of benzene rings is 1. The predicted molar refractivity (Wildman–Crippen MR) is 82.0 cm³/mol. The third-order valence-electron chi connectivity index (χ3n) is 5.56. The number of rotatable bonds is 4. The summed E-state index contributed by atoms with van der Waals surface area (Å²) in [6.45, 7) is 0. The van der Waals surface area contributed by atoms with E-state index in [9.17, 15) is 4.79 Å². The lowest BCUT2D eigenvalue weighted by atomic mass is 9.57. The number of ether oxygens (including phenoxy) is 2. The van der Waals surface area contributed by atoms with Crippen molar-refractivity contribution >= 4 is 6.29 Å². The Hall–Kier alpha value is -1.51. The Bertz CT molecular complexity index is 538. The first-order valence-electron chi connectivity index (χ1n) is 7.90. The number of aldehydes is 1. The summed E-state index contributed by atoms with van der Waals surface area (Å²) >= 11 is 0. The Morgan fingerprint density at radius 3 is 2.86 bits per heavy atom. The zero-order valence-electron chi connectivity index (χ0n) is 13.0. The summed E-state index contributed by atoms with van der Waals surface area (Å²) in [6, 6.07) is 4.11. The third-order valence-corrected chi connectivity index (χ3v) is 5.56. The van der Waals surface area contributed by atoms with Crippen LogP contribution in [0.15, 0.2) is 12.1 Å². The number of hydrogen-bond acceptors (Lipinski definition) is 3. The van der Waals surface area contributed by atoms with Crippen molar-refractivity contribution in [2.45, 2.75) is 44.9 Å². The van der Waals surface area contributed by atoms with E-state index >= 15 is 0 Å². The van der Waals surface area contributed by atoms with E-state index in [0.717, 1.165) is 30.6 Å². The largest absolute Gasteiger partial charge is 0.497 e. The van der Waals surface area contributed by atoms with Crippen LogP contribution in [0.2, 0.25) is 0 Å². The second-order valence-electron chi connectivity index (χ2n) is 6.52. The Labute approximate surface area is 126 Å². The SMILES string of the molecule is COc1cc2c(c(OC)c1)C[C@@H]1CCCC[C@]1(CC=O)C2. The topological polar surface area (TPSA) is 35.5 Å². The van der Waals surface area contributed by atoms with Crippen LogP contribution in [0.4, 0.5) is 0 Å². The van der Waals surface area contributed by atoms with Crippen molar-refractivity contribution in [2.24, 2.45) is 11.3 Å². The van der Waals surface area contributed by atoms with E-state index in [4.69, 9.17) is 9.47 Å². The first-order chi connectivity index (χ1) is 10.2. The first-order valence-corrected chi connectivity index (χ1v) is 7.90. The van der Waals surface area contributed by atoms with Crippen molar-refractivity contribution in [3.05, 3.63) is 23.3 Å². The number of carbonyl (C=O) groups is 1. The van der Waals surface area contributed by atoms with E-state index in [-0.39, 0.29) is 5.41 Å². The average molecular weight is 288 g/mol. The van der Waals surface area contributed by atoms with Gasteiger partial charge in [0.25, 0.3) is 0 Å². The second kappa shape index (κ2) is 5.70. The van der Waals surface area contributed by atoms with Gasteiger partial charge in [-0.2, -0.15) is 0 Å². The van der Waals surface area contributed by atoms with Gasteiger partial charge in [0.15, 0.2) is 0 Å². The molecule has 114 valence electrons. The van der Waals surface area contributed by atoms with Crippen LogP contribution in [0.3, 0.4) is 0 Å². The summed E-state index contributed by atoms with van der Waals surface area (Å²) in [5.41, 5.74) is 2.81. The smallest absolute Gasteiger partial charge is 0.126 e. The highest BCUT2D eigenvalue weighted by Crippen LogP contribution is 2.52. The molecule has 0 saturated heterocycles. The monoisotopic (exact) mass is 288 g/mol. The van der Waals surface area contributed by atoms with Gasteiger partial charge in [0.1, 0.15) is 17.8 Å². The molecule has 1 saturated carbocycles. The summed E-state index contributed by atoms with van der Waals surface area (Å²) in [7, 11) is 3.41. The molecule has 0 spiro atoms. The van der Waals surface area contributed by atoms with Crippen LogP contribution >= 0.6 is 0 Å². The molecule has 2 aliphatic carbocycles. The van der Waals surface area contributed by atoms with E-state index in [1.54, 1.807) is 14.2 Å². The minimum atomic E-state index is 0.171. The van der Waals surface area contributed by atoms with Gasteiger partial charge in [0.2, 0.25) is 0 Å². The second-order valence-corrected chi connectivity index (χ2v) is 6.52. The van der Waals surface area contributed by atoms with Crippen molar-refractivity contribution in [2.75, 3.05) is 14.2 Å². The molecule has 0 aromatic heterocycles. The summed E-state index contributed by atoms with van der Waals surface area (Å²) in [4.78, 5) is 11.2. The molecule has 21 heavy (non-hydrogen) atoms. The minimum absolute atomic E-state index is 0.171. The van der Waals surface area contributed by atoms with Crippen LogP contribution in [0.5, 0.6) is 11.5 Å². The van der Waals surface area contributed by atoms with Gasteiger partial charge in [-0.25, -0.2) is 0 Å². The standard InChI is InChI=1S/C18H24O3/c1-20-15-9-13-12-18(7-8-19)6-4-3-5-14(18)10-16(13)17(11-15)21-2/h8-9,11,14H,3-7,10,12H2,1-2H3/t14-,18-/m0/s1. The summed E-state index contributed by atoms with van der Waals surface area (Å²) < 4.78 is 11.0. The molecule has 1 fully saturated rings. The molecular formula is C18H24O3. The highest BCUT2D eigenvalue weighted by molar-refractivity contribution is 5.54. The fraction of sp³-hybridized carbons (Fsp3) is 0.611. The molecule has 2 atom stereocenters. The summed E-state index contributed by atoms with van der Waals surface area (Å²) in [5, 5.41) is 0. The molecule has 0 N–H and O–H groups in total. The van der Waals surface area contributed by atoms with Gasteiger partial charge in [-0.05, 0) is 54.2 Å². The Morgan fingerprint density at radius 1 is 1.29 bits per heavy atom. The molecule has 1 aromatic rings. The maximum Gasteiger partial charge on any atom is 0.126 e. The third kappa shape index (κ3) is 2.43. The Balaban J connectivity index is 2.04. The number of methoxy groups -OCH3 is 2. The van der Waals surface area contributed by atoms with Gasteiger partial charge in [0, 0.05) is 12.5 Å². The molecule has 3 nitrogen and oxygen atoms in total. The fourth-order valence-electron chi connectivity index (χ4n) is 4.43. The summed E-state index contributed by atoms with van der Waals surface area (Å²) in [6.07, 6.45) is 8.80. The van der Waals surface area contributed by atoms with Crippen molar-refractivity contribution in [3.8, 4) is 11.5 Å². The van der Waals surface area contributed by atoms with Gasteiger partial charge >= 0.3 is 0 Å². The van der Waals surface area contributed by atoms with Gasteiger partial charge in [-0.3, -0.25) is 0 Å². The normalized spacial score (nSPS) is 27.4. The number of fused-ring (bicyclic) bond motifs is 2. The van der Waals surface area contributed by atoms with E-state index in [0.29, 0.717) is 12.3 Å². The maximum atomic E-state index is 11.2. The number of carbonyl (C=O) groups excluding carboxylic acids is 1. The maximum absolute atomic E-state index is 11.2. The Morgan fingerprint density at radius 2 is 2.14 bits per heavy atom. The van der Waals surface area contributed by atoms with E-state index in [2.05, 4.69) is 6.07 Å². The van der Waals surface area contributed by atoms with Gasteiger partial charge < -0.3 is 14.3 Å². The molecule has 2 aliphatic rings. The van der Waals surface area contributed by atoms with Crippen molar-refractivity contribution in [1.29, 1.82) is 0 Å². The fourth-order valence-corrected chi connectivity index (χ4v) is 4.43. The molecule has 3 heteroatoms. The molecule has 0 heterocycles. The van der Waals surface area contributed by atoms with E-state index in [1.807, 2.05) is 6.07 Å². The van der Waals surface area contributed by atoms with Gasteiger partial charge in [-0.1, -0.05) is 12.8 Å². The molecule has 3 rings (SSSR count). The van der Waals surface area contributed by atoms with Crippen LogP contribution in [0, 0.1) is 11.3 Å². The average Bonchev–Trinajstić information content (AvgIpc) is 2.51. The molecule has 0 radical (unpaired) electrons. The molecule has 0 amide bonds. The van der Waals surface area contributed by atoms with Crippen molar-refractivity contribution < 1.29 is 14.3 Å². The number of hydrogen-bond donors (Lipinski definition) is 0. The Kier molecular flexibility index (Phi) is 3.92. The van der Waals surface area contributed by atoms with Crippen LogP contribution in [-0.4, -0.2) is 20.5 Å². The lowest BCUT2D eigenvalue weighted by Crippen LogP contribution is -2.41. The predicted octanol–water partition coefficient (Wildman–Crippen LogP) is 3.57. The molecule has 0 bridgehead atoms. The zero-order valence-corrected chi connectivity index (χ0v) is 13.0. The minimum Gasteiger partial charge on any atom is -0.497 e. The molecular weight excluding hydrogens is 264 g/mol. The van der Waals surface area contributed by atoms with Crippen LogP contribution in [-0.2, 0) is 17.6 Å². The van der Waals surface area contributed by atoms with E-state index < -0.39 is 0 Å². The lowest BCUT2D eigenvalue weighted by Gasteiger charge is -2.47. The highest BCUT2D eigenvalue weighted by Gasteiger charge is 2.44. The van der Waals surface area contributed by atoms with Gasteiger partial charge in [0.05, 0.1) is 14.2 Å². The van der Waals surface area contributed by atoms with Gasteiger partial charge in [-0.15, -0.1) is 0 Å². The van der Waals surface area contributed by atoms with E-state index in [1.165, 1.54) is 36.8 Å². The zero-order chi connectivity index (χ0) is 14.9. The van der Waals surface area contributed by atoms with Crippen molar-refractivity contribution in [1.82, 2.24) is 0 Å². The lowest BCUT2D eigenvalue weighted by molar-refractivity contribution is -0.111. The molecule has 0 unspecified atom stereocenters. The first kappa shape index (κ1) is 14.4. The quantitative estimate of drug-likeness (QED) is 0.795. The molecule has 1 aromatic carbocycles. The van der Waals surface area contributed by atoms with Crippen LogP contribution in [0.1, 0.15) is 43.2 Å². The van der Waals surface area contributed by atoms with Crippen molar-refractivity contribution in [3.63, 3.8) is 0 Å². The highest BCUT2D eigenvalue weighted by atomic mass is 16.5. The summed E-state index contributed by atoms with van der Waals surface area (Å²) in [5.74, 6) is 2.40.